The van der Waals surface area contributed by atoms with Gasteiger partial charge in [-0.15, -0.1) is 0 Å². The Balaban J connectivity index is 2.51. The molecule has 0 spiro atoms. The van der Waals surface area contributed by atoms with Crippen LogP contribution in [0.25, 0.3) is 0 Å². The molecule has 0 saturated heterocycles. The van der Waals surface area contributed by atoms with Gasteiger partial charge in [0.1, 0.15) is 0 Å². The Hall–Kier alpha value is -0.860. The van der Waals surface area contributed by atoms with Crippen LogP contribution in [-0.4, -0.2) is 16.9 Å². The lowest BCUT2D eigenvalue weighted by Gasteiger charge is -2.23. The number of carbonyl (C=O) groups excluding carboxylic acids is 1. The maximum atomic E-state index is 11.0. The number of ketones is 1. The highest BCUT2D eigenvalue weighted by molar-refractivity contribution is 6.33. The molecule has 12 heavy (non-hydrogen) atoms. The van der Waals surface area contributed by atoms with Crippen molar-refractivity contribution in [1.29, 1.82) is 0 Å². The molecule has 3 heteroatoms. The minimum absolute atomic E-state index is 0.216. The number of Topliss-reactive ketones (excluding diaryl/α,β-unsaturated/α-hetero) is 1. The van der Waals surface area contributed by atoms with Crippen molar-refractivity contribution in [3.63, 3.8) is 0 Å². The lowest BCUT2D eigenvalue weighted by Crippen LogP contribution is -2.27. The molecule has 2 atom stereocenters. The molecule has 68 valence electrons. The molecule has 0 radical (unpaired) electrons. The van der Waals surface area contributed by atoms with Gasteiger partial charge in [0.05, 0.1) is 0 Å². The maximum Gasteiger partial charge on any atom is 0.372 e. The first-order valence-corrected chi connectivity index (χ1v) is 4.38. The molecule has 0 amide bonds. The largest absolute Gasteiger partial charge is 0.475 e. The minimum atomic E-state index is -1.27. The fraction of sp³-hybridized carbons (Fsp3) is 0.778. The zero-order chi connectivity index (χ0) is 9.14. The van der Waals surface area contributed by atoms with Gasteiger partial charge in [0.15, 0.2) is 0 Å². The van der Waals surface area contributed by atoms with E-state index in [1.165, 1.54) is 0 Å². The van der Waals surface area contributed by atoms with Crippen LogP contribution in [0.15, 0.2) is 0 Å². The molecule has 0 bridgehead atoms. The summed E-state index contributed by atoms with van der Waals surface area (Å²) in [6.45, 7) is 2.07. The average Bonchev–Trinajstić information content (AvgIpc) is 2.03. The second-order valence-corrected chi connectivity index (χ2v) is 3.64. The molecule has 0 aliphatic heterocycles. The van der Waals surface area contributed by atoms with Gasteiger partial charge in [-0.25, -0.2) is 4.79 Å². The van der Waals surface area contributed by atoms with Crippen molar-refractivity contribution >= 4 is 11.8 Å². The van der Waals surface area contributed by atoms with E-state index in [1.807, 2.05) is 0 Å². The standard InChI is InChI=1S/C9H14O3/c1-6-3-2-4-7(5-6)8(10)9(11)12/h6-7H,2-5H2,1H3,(H,11,12). The third kappa shape index (κ3) is 2.06. The normalized spacial score (nSPS) is 29.8. The van der Waals surface area contributed by atoms with Gasteiger partial charge in [-0.2, -0.15) is 0 Å². The van der Waals surface area contributed by atoms with Crippen molar-refractivity contribution in [3.05, 3.63) is 0 Å². The summed E-state index contributed by atoms with van der Waals surface area (Å²) in [5.74, 6) is -1.58. The number of carboxylic acid groups (broad SMARTS) is 1. The minimum Gasteiger partial charge on any atom is -0.475 e. The predicted octanol–water partition coefficient (Wildman–Crippen LogP) is 1.47. The number of aliphatic carboxylic acids is 1. The first-order valence-electron chi connectivity index (χ1n) is 4.38. The van der Waals surface area contributed by atoms with Gasteiger partial charge in [0, 0.05) is 5.92 Å². The van der Waals surface area contributed by atoms with E-state index in [0.29, 0.717) is 5.92 Å². The van der Waals surface area contributed by atoms with Gasteiger partial charge in [0.2, 0.25) is 5.78 Å². The zero-order valence-corrected chi connectivity index (χ0v) is 7.25. The Bertz CT molecular complexity index is 198. The molecule has 1 aliphatic rings. The lowest BCUT2D eigenvalue weighted by molar-refractivity contribution is -0.151. The molecule has 2 unspecified atom stereocenters. The summed E-state index contributed by atoms with van der Waals surface area (Å²) in [7, 11) is 0. The van der Waals surface area contributed by atoms with Crippen LogP contribution in [0.1, 0.15) is 32.6 Å². The van der Waals surface area contributed by atoms with E-state index in [4.69, 9.17) is 5.11 Å². The summed E-state index contributed by atoms with van der Waals surface area (Å²) in [5, 5.41) is 8.47. The first kappa shape index (κ1) is 9.23. The molecule has 1 N–H and O–H groups in total. The fourth-order valence-electron chi connectivity index (χ4n) is 1.85. The molecule has 0 aromatic carbocycles. The summed E-state index contributed by atoms with van der Waals surface area (Å²) in [4.78, 5) is 21.4. The van der Waals surface area contributed by atoms with Gasteiger partial charge < -0.3 is 5.11 Å². The summed E-state index contributed by atoms with van der Waals surface area (Å²) >= 11 is 0. The van der Waals surface area contributed by atoms with Crippen molar-refractivity contribution in [2.24, 2.45) is 11.8 Å². The molecule has 0 aromatic heterocycles. The van der Waals surface area contributed by atoms with Crippen LogP contribution in [0.4, 0.5) is 0 Å². The van der Waals surface area contributed by atoms with Crippen LogP contribution >= 0.6 is 0 Å². The van der Waals surface area contributed by atoms with E-state index in [-0.39, 0.29) is 5.92 Å². The summed E-state index contributed by atoms with van der Waals surface area (Å²) in [5.41, 5.74) is 0. The molecule has 0 aromatic rings. The molecular weight excluding hydrogens is 156 g/mol. The third-order valence-electron chi connectivity index (χ3n) is 2.52. The van der Waals surface area contributed by atoms with Crippen molar-refractivity contribution < 1.29 is 14.7 Å². The van der Waals surface area contributed by atoms with E-state index in [2.05, 4.69) is 6.92 Å². The van der Waals surface area contributed by atoms with E-state index < -0.39 is 11.8 Å². The Labute approximate surface area is 71.8 Å². The number of carbonyl (C=O) groups is 2. The van der Waals surface area contributed by atoms with E-state index in [1.54, 1.807) is 0 Å². The van der Waals surface area contributed by atoms with Gasteiger partial charge in [-0.05, 0) is 18.8 Å². The molecule has 1 fully saturated rings. The number of hydrogen-bond acceptors (Lipinski definition) is 2. The van der Waals surface area contributed by atoms with Crippen LogP contribution in [-0.2, 0) is 9.59 Å². The Morgan fingerprint density at radius 3 is 2.50 bits per heavy atom. The number of rotatable bonds is 2. The quantitative estimate of drug-likeness (QED) is 0.638. The van der Waals surface area contributed by atoms with Crippen molar-refractivity contribution in [2.45, 2.75) is 32.6 Å². The van der Waals surface area contributed by atoms with Crippen LogP contribution in [0.3, 0.4) is 0 Å². The fourth-order valence-corrected chi connectivity index (χ4v) is 1.85. The second kappa shape index (κ2) is 3.70. The summed E-state index contributed by atoms with van der Waals surface area (Å²) < 4.78 is 0. The van der Waals surface area contributed by atoms with Gasteiger partial charge in [0.25, 0.3) is 0 Å². The Morgan fingerprint density at radius 1 is 1.33 bits per heavy atom. The second-order valence-electron chi connectivity index (χ2n) is 3.64. The van der Waals surface area contributed by atoms with E-state index in [9.17, 15) is 9.59 Å². The maximum absolute atomic E-state index is 11.0. The van der Waals surface area contributed by atoms with Crippen molar-refractivity contribution in [2.75, 3.05) is 0 Å². The van der Waals surface area contributed by atoms with E-state index in [0.717, 1.165) is 25.7 Å². The molecular formula is C9H14O3. The van der Waals surface area contributed by atoms with Crippen LogP contribution < -0.4 is 0 Å². The third-order valence-corrected chi connectivity index (χ3v) is 2.52. The highest BCUT2D eigenvalue weighted by Gasteiger charge is 2.28. The summed E-state index contributed by atoms with van der Waals surface area (Å²) in [6.07, 6.45) is 3.63. The molecule has 0 heterocycles. The molecule has 1 aliphatic carbocycles. The predicted molar refractivity (Wildman–Crippen MR) is 43.8 cm³/mol. The Kier molecular flexibility index (Phi) is 2.84. The zero-order valence-electron chi connectivity index (χ0n) is 7.25. The first-order chi connectivity index (χ1) is 5.61. The SMILES string of the molecule is CC1CCCC(C(=O)C(=O)O)C1. The van der Waals surface area contributed by atoms with Gasteiger partial charge in [-0.1, -0.05) is 19.8 Å². The van der Waals surface area contributed by atoms with E-state index >= 15 is 0 Å². The monoisotopic (exact) mass is 170 g/mol. The lowest BCUT2D eigenvalue weighted by atomic mass is 9.80. The molecule has 1 rings (SSSR count). The van der Waals surface area contributed by atoms with Gasteiger partial charge >= 0.3 is 5.97 Å². The van der Waals surface area contributed by atoms with Crippen molar-refractivity contribution in [1.82, 2.24) is 0 Å². The number of carboxylic acids is 1. The van der Waals surface area contributed by atoms with Gasteiger partial charge in [-0.3, -0.25) is 4.79 Å². The van der Waals surface area contributed by atoms with Crippen LogP contribution in [0.2, 0.25) is 0 Å². The van der Waals surface area contributed by atoms with Crippen LogP contribution in [0.5, 0.6) is 0 Å². The topological polar surface area (TPSA) is 54.4 Å². The summed E-state index contributed by atoms with van der Waals surface area (Å²) in [6, 6.07) is 0. The molecule has 1 saturated carbocycles. The molecule has 3 nitrogen and oxygen atoms in total. The van der Waals surface area contributed by atoms with Crippen LogP contribution in [0, 0.1) is 11.8 Å². The Morgan fingerprint density at radius 2 is 2.00 bits per heavy atom. The van der Waals surface area contributed by atoms with Crippen molar-refractivity contribution in [3.8, 4) is 0 Å². The smallest absolute Gasteiger partial charge is 0.372 e. The highest BCUT2D eigenvalue weighted by Crippen LogP contribution is 2.28. The number of hydrogen-bond donors (Lipinski definition) is 1. The highest BCUT2D eigenvalue weighted by atomic mass is 16.4. The average molecular weight is 170 g/mol.